The van der Waals surface area contributed by atoms with Crippen LogP contribution in [0.25, 0.3) is 0 Å². The summed E-state index contributed by atoms with van der Waals surface area (Å²) in [6.07, 6.45) is 80.1. The van der Waals surface area contributed by atoms with E-state index in [1.165, 1.54) is 161 Å². The zero-order chi connectivity index (χ0) is 59.3. The summed E-state index contributed by atoms with van der Waals surface area (Å²) < 4.78 is 30.8. The zero-order valence-corrected chi connectivity index (χ0v) is 54.7. The number of nitrogens with zero attached hydrogens (tertiary/aromatic N) is 1. The van der Waals surface area contributed by atoms with E-state index in [2.05, 4.69) is 99.0 Å². The standard InChI is InChI=1S/C71H129N2O7P/c1-7-10-13-16-19-22-25-28-30-32-34-35-36-37-39-41-43-46-49-52-55-58-61-64-71(75)80-69(62-59-56-53-50-47-44-27-24-21-18-15-12-9-3)68(67-79-81(76,77)78-66-65-73(4,5)6)72-70(74)63-60-57-54-51-48-45-42-40-38-33-31-29-26-23-20-17-14-11-8-2/h10,13,19,22,28,30,34-35,37,39,43,46,59,62,68-69H,7-9,11-12,14-18,20-21,23-27,29,31-33,36,38,40-42,44-45,47-58,60-61,63-67H2,1-6H3,(H-,72,74,76,77)/p+1/b13-10-,22-19-,30-28-,35-34-,39-37-,46-43-,62-59+. The Morgan fingerprint density at radius 2 is 0.790 bits per heavy atom. The summed E-state index contributed by atoms with van der Waals surface area (Å²) in [6.45, 7) is 6.91. The minimum Gasteiger partial charge on any atom is -0.456 e. The monoisotopic (exact) mass is 1150 g/mol. The van der Waals surface area contributed by atoms with Crippen molar-refractivity contribution in [2.75, 3.05) is 40.9 Å². The molecule has 0 heterocycles. The van der Waals surface area contributed by atoms with Crippen LogP contribution in [0.5, 0.6) is 0 Å². The molecule has 0 aromatic carbocycles. The summed E-state index contributed by atoms with van der Waals surface area (Å²) in [4.78, 5) is 37.8. The predicted octanol–water partition coefficient (Wildman–Crippen LogP) is 21.3. The van der Waals surface area contributed by atoms with Crippen LogP contribution >= 0.6 is 7.82 Å². The van der Waals surface area contributed by atoms with Crippen LogP contribution in [0.1, 0.15) is 303 Å². The predicted molar refractivity (Wildman–Crippen MR) is 351 cm³/mol. The molecule has 0 spiro atoms. The Labute approximate surface area is 501 Å². The highest BCUT2D eigenvalue weighted by Gasteiger charge is 2.30. The molecule has 0 radical (unpaired) electrons. The number of carbonyl (C=O) groups is 2. The fourth-order valence-corrected chi connectivity index (χ4v) is 10.4. The van der Waals surface area contributed by atoms with Gasteiger partial charge in [-0.2, -0.15) is 0 Å². The van der Waals surface area contributed by atoms with Crippen LogP contribution in [-0.2, 0) is 27.9 Å². The Hall–Kier alpha value is -2.81. The van der Waals surface area contributed by atoms with Crippen LogP contribution in [0.15, 0.2) is 85.1 Å². The number of hydrogen-bond donors (Lipinski definition) is 2. The van der Waals surface area contributed by atoms with E-state index in [0.717, 1.165) is 103 Å². The number of phosphoric ester groups is 1. The maximum atomic E-state index is 13.6. The largest absolute Gasteiger partial charge is 0.472 e. The number of allylic oxidation sites excluding steroid dienone is 13. The van der Waals surface area contributed by atoms with Crippen LogP contribution in [0.2, 0.25) is 0 Å². The lowest BCUT2D eigenvalue weighted by Crippen LogP contribution is -2.47. The van der Waals surface area contributed by atoms with Gasteiger partial charge in [-0.05, 0) is 83.1 Å². The summed E-state index contributed by atoms with van der Waals surface area (Å²) in [7, 11) is 1.48. The highest BCUT2D eigenvalue weighted by Crippen LogP contribution is 2.43. The molecule has 81 heavy (non-hydrogen) atoms. The molecule has 0 aromatic heterocycles. The second-order valence-electron chi connectivity index (χ2n) is 24.0. The van der Waals surface area contributed by atoms with Gasteiger partial charge < -0.3 is 19.4 Å². The Bertz CT molecular complexity index is 1660. The summed E-state index contributed by atoms with van der Waals surface area (Å²) in [5.74, 6) is -0.526. The van der Waals surface area contributed by atoms with Crippen molar-refractivity contribution < 1.29 is 37.3 Å². The van der Waals surface area contributed by atoms with E-state index < -0.39 is 20.0 Å². The van der Waals surface area contributed by atoms with Gasteiger partial charge in [0.1, 0.15) is 19.3 Å². The number of quaternary nitrogens is 1. The third-order valence-electron chi connectivity index (χ3n) is 14.8. The highest BCUT2D eigenvalue weighted by atomic mass is 31.2. The molecule has 0 bridgehead atoms. The molecule has 3 atom stereocenters. The molecule has 9 nitrogen and oxygen atoms in total. The maximum Gasteiger partial charge on any atom is 0.472 e. The summed E-state index contributed by atoms with van der Waals surface area (Å²) in [5, 5.41) is 3.06. The van der Waals surface area contributed by atoms with Crippen molar-refractivity contribution in [3.63, 3.8) is 0 Å². The zero-order valence-electron chi connectivity index (χ0n) is 53.8. The molecule has 0 rings (SSSR count). The average molecular weight is 1150 g/mol. The Morgan fingerprint density at radius 3 is 1.19 bits per heavy atom. The van der Waals surface area contributed by atoms with Crippen LogP contribution in [-0.4, -0.2) is 74.3 Å². The van der Waals surface area contributed by atoms with Gasteiger partial charge in [0.05, 0.1) is 33.8 Å². The summed E-state index contributed by atoms with van der Waals surface area (Å²) in [5.41, 5.74) is 0. The number of amides is 1. The minimum atomic E-state index is -4.46. The summed E-state index contributed by atoms with van der Waals surface area (Å²) in [6, 6.07) is -0.862. The van der Waals surface area contributed by atoms with Crippen molar-refractivity contribution in [3.8, 4) is 0 Å². The van der Waals surface area contributed by atoms with E-state index in [9.17, 15) is 19.0 Å². The molecule has 3 unspecified atom stereocenters. The second kappa shape index (κ2) is 60.3. The molecular formula is C71H130N2O7P+. The molecule has 2 N–H and O–H groups in total. The molecule has 470 valence electrons. The van der Waals surface area contributed by atoms with Gasteiger partial charge in [-0.25, -0.2) is 4.57 Å². The van der Waals surface area contributed by atoms with E-state index in [4.69, 9.17) is 13.8 Å². The number of ether oxygens (including phenoxy) is 1. The fourth-order valence-electron chi connectivity index (χ4n) is 9.65. The first-order valence-corrected chi connectivity index (χ1v) is 35.4. The first-order valence-electron chi connectivity index (χ1n) is 33.9. The molecule has 0 aromatic rings. The van der Waals surface area contributed by atoms with Gasteiger partial charge >= 0.3 is 13.8 Å². The van der Waals surface area contributed by atoms with E-state index >= 15 is 0 Å². The lowest BCUT2D eigenvalue weighted by atomic mass is 10.0. The van der Waals surface area contributed by atoms with Gasteiger partial charge in [0.15, 0.2) is 0 Å². The molecule has 0 saturated heterocycles. The molecule has 0 saturated carbocycles. The van der Waals surface area contributed by atoms with Gasteiger partial charge in [-0.1, -0.05) is 292 Å². The Balaban J connectivity index is 5.24. The van der Waals surface area contributed by atoms with Crippen LogP contribution in [0, 0.1) is 0 Å². The third kappa shape index (κ3) is 61.6. The third-order valence-corrected chi connectivity index (χ3v) is 15.8. The topological polar surface area (TPSA) is 111 Å². The highest BCUT2D eigenvalue weighted by molar-refractivity contribution is 7.47. The van der Waals surface area contributed by atoms with Crippen molar-refractivity contribution in [1.82, 2.24) is 5.32 Å². The van der Waals surface area contributed by atoms with Gasteiger partial charge in [0, 0.05) is 12.8 Å². The molecule has 1 amide bonds. The number of likely N-dealkylation sites (N-methyl/N-ethyl adjacent to an activating group) is 1. The van der Waals surface area contributed by atoms with Crippen molar-refractivity contribution in [1.29, 1.82) is 0 Å². The smallest absolute Gasteiger partial charge is 0.456 e. The molecule has 10 heteroatoms. The van der Waals surface area contributed by atoms with Gasteiger partial charge in [-0.15, -0.1) is 0 Å². The number of esters is 1. The van der Waals surface area contributed by atoms with Crippen molar-refractivity contribution >= 4 is 19.7 Å². The van der Waals surface area contributed by atoms with E-state index in [1.807, 2.05) is 33.3 Å². The van der Waals surface area contributed by atoms with Gasteiger partial charge in [0.2, 0.25) is 5.91 Å². The lowest BCUT2D eigenvalue weighted by Gasteiger charge is -2.27. The number of phosphoric acid groups is 1. The van der Waals surface area contributed by atoms with Crippen molar-refractivity contribution in [2.45, 2.75) is 315 Å². The normalized spacial score (nSPS) is 14.1. The van der Waals surface area contributed by atoms with E-state index in [1.54, 1.807) is 0 Å². The number of carbonyl (C=O) groups excluding carboxylic acids is 2. The SMILES string of the molecule is CC/C=C\C/C=C\C/C=C\C/C=C\C/C=C\C/C=C\CCCCCCC(=O)OC(/C=C/CCCCCCCCCCCCC)C(COP(=O)(O)OCC[N+](C)(C)C)NC(=O)CCCCCCCCCCCCCCCCCCCCC. The Kier molecular flexibility index (Phi) is 58.2. The average Bonchev–Trinajstić information content (AvgIpc) is 3.44. The van der Waals surface area contributed by atoms with E-state index in [-0.39, 0.29) is 31.5 Å². The van der Waals surface area contributed by atoms with Crippen LogP contribution in [0.4, 0.5) is 0 Å². The number of rotatable bonds is 61. The molecule has 0 fully saturated rings. The van der Waals surface area contributed by atoms with Crippen LogP contribution in [0.3, 0.4) is 0 Å². The van der Waals surface area contributed by atoms with Crippen LogP contribution < -0.4 is 5.32 Å². The fraction of sp³-hybridized carbons (Fsp3) is 0.775. The molecule has 0 aliphatic heterocycles. The minimum absolute atomic E-state index is 0.0341. The lowest BCUT2D eigenvalue weighted by molar-refractivity contribution is -0.870. The molecule has 0 aliphatic carbocycles. The number of hydrogen-bond acceptors (Lipinski definition) is 6. The first-order chi connectivity index (χ1) is 39.4. The quantitative estimate of drug-likeness (QED) is 0.0205. The molecule has 0 aliphatic rings. The van der Waals surface area contributed by atoms with Gasteiger partial charge in [0.25, 0.3) is 0 Å². The second-order valence-corrected chi connectivity index (χ2v) is 25.4. The number of nitrogens with one attached hydrogen (secondary N) is 1. The first kappa shape index (κ1) is 78.2. The summed E-state index contributed by atoms with van der Waals surface area (Å²) >= 11 is 0. The number of unbranched alkanes of at least 4 members (excludes halogenated alkanes) is 33. The van der Waals surface area contributed by atoms with Crippen molar-refractivity contribution in [3.05, 3.63) is 85.1 Å². The van der Waals surface area contributed by atoms with Gasteiger partial charge in [-0.3, -0.25) is 18.6 Å². The maximum absolute atomic E-state index is 13.6. The molecular weight excluding hydrogens is 1020 g/mol. The Morgan fingerprint density at radius 1 is 0.444 bits per heavy atom. The van der Waals surface area contributed by atoms with E-state index in [0.29, 0.717) is 23.9 Å². The van der Waals surface area contributed by atoms with Crippen molar-refractivity contribution in [2.24, 2.45) is 0 Å².